The van der Waals surface area contributed by atoms with E-state index >= 15 is 0 Å². The van der Waals surface area contributed by atoms with Gasteiger partial charge in [0.05, 0.1) is 0 Å². The number of nitrogens with zero attached hydrogens (tertiary/aromatic N) is 2. The zero-order valence-electron chi connectivity index (χ0n) is 11.8. The third kappa shape index (κ3) is 5.39. The number of unbranched alkanes of at least 4 members (excludes halogenated alkanes) is 1. The highest BCUT2D eigenvalue weighted by Gasteiger charge is 2.32. The highest BCUT2D eigenvalue weighted by Crippen LogP contribution is 2.34. The van der Waals surface area contributed by atoms with Crippen LogP contribution < -0.4 is 10.6 Å². The third-order valence-electron chi connectivity index (χ3n) is 3.35. The molecule has 0 amide bonds. The van der Waals surface area contributed by atoms with E-state index in [9.17, 15) is 0 Å². The van der Waals surface area contributed by atoms with Gasteiger partial charge in [-0.1, -0.05) is 13.3 Å². The molecule has 0 bridgehead atoms. The van der Waals surface area contributed by atoms with Crippen molar-refractivity contribution in [2.24, 2.45) is 10.9 Å². The fourth-order valence-electron chi connectivity index (χ4n) is 2.06. The lowest BCUT2D eigenvalue weighted by Crippen LogP contribution is -2.46. The topological polar surface area (TPSA) is 39.7 Å². The van der Waals surface area contributed by atoms with Crippen LogP contribution in [0.4, 0.5) is 0 Å². The number of rotatable bonds is 7. The second-order valence-corrected chi connectivity index (χ2v) is 5.10. The van der Waals surface area contributed by atoms with Gasteiger partial charge in [0.25, 0.3) is 0 Å². The number of guanidine groups is 1. The van der Waals surface area contributed by atoms with E-state index in [1.54, 1.807) is 0 Å². The first kappa shape index (κ1) is 14.3. The fraction of sp³-hybridized carbons (Fsp3) is 0.923. The SMILES string of the molecule is CCCCNC(=NC)NCC(C1CC1)N(C)C. The van der Waals surface area contributed by atoms with Crippen molar-refractivity contribution in [2.45, 2.75) is 38.6 Å². The van der Waals surface area contributed by atoms with Crippen LogP contribution in [0.15, 0.2) is 4.99 Å². The maximum Gasteiger partial charge on any atom is 0.191 e. The minimum Gasteiger partial charge on any atom is -0.356 e. The Morgan fingerprint density at radius 1 is 1.35 bits per heavy atom. The van der Waals surface area contributed by atoms with E-state index in [-0.39, 0.29) is 0 Å². The van der Waals surface area contributed by atoms with Crippen LogP contribution in [0, 0.1) is 5.92 Å². The van der Waals surface area contributed by atoms with Crippen LogP contribution in [0.2, 0.25) is 0 Å². The molecule has 4 heteroatoms. The van der Waals surface area contributed by atoms with Gasteiger partial charge in [-0.15, -0.1) is 0 Å². The lowest BCUT2D eigenvalue weighted by Gasteiger charge is -2.25. The quantitative estimate of drug-likeness (QED) is 0.400. The first-order chi connectivity index (χ1) is 8.19. The Morgan fingerprint density at radius 3 is 2.53 bits per heavy atom. The fourth-order valence-corrected chi connectivity index (χ4v) is 2.06. The summed E-state index contributed by atoms with van der Waals surface area (Å²) >= 11 is 0. The summed E-state index contributed by atoms with van der Waals surface area (Å²) in [6.07, 6.45) is 5.17. The first-order valence-electron chi connectivity index (χ1n) is 6.80. The lowest BCUT2D eigenvalue weighted by atomic mass is 10.1. The molecule has 2 N–H and O–H groups in total. The van der Waals surface area contributed by atoms with E-state index < -0.39 is 0 Å². The molecule has 0 aromatic heterocycles. The average Bonchev–Trinajstić information content (AvgIpc) is 3.11. The predicted octanol–water partition coefficient (Wildman–Crippen LogP) is 1.29. The van der Waals surface area contributed by atoms with Crippen molar-refractivity contribution in [1.82, 2.24) is 15.5 Å². The monoisotopic (exact) mass is 240 g/mol. The second kappa shape index (κ2) is 7.54. The van der Waals surface area contributed by atoms with E-state index in [0.717, 1.165) is 25.0 Å². The largest absolute Gasteiger partial charge is 0.356 e. The van der Waals surface area contributed by atoms with Crippen molar-refractivity contribution in [3.8, 4) is 0 Å². The summed E-state index contributed by atoms with van der Waals surface area (Å²) in [7, 11) is 6.17. The molecule has 0 radical (unpaired) electrons. The minimum atomic E-state index is 0.639. The minimum absolute atomic E-state index is 0.639. The molecule has 17 heavy (non-hydrogen) atoms. The molecule has 1 rings (SSSR count). The van der Waals surface area contributed by atoms with E-state index in [2.05, 4.69) is 41.5 Å². The van der Waals surface area contributed by atoms with Crippen molar-refractivity contribution < 1.29 is 0 Å². The first-order valence-corrected chi connectivity index (χ1v) is 6.80. The third-order valence-corrected chi connectivity index (χ3v) is 3.35. The number of hydrogen-bond donors (Lipinski definition) is 2. The maximum atomic E-state index is 4.25. The molecule has 1 unspecified atom stereocenters. The summed E-state index contributed by atoms with van der Waals surface area (Å²) in [6, 6.07) is 0.639. The molecular weight excluding hydrogens is 212 g/mol. The molecule has 0 saturated heterocycles. The summed E-state index contributed by atoms with van der Waals surface area (Å²) in [6.45, 7) is 4.20. The highest BCUT2D eigenvalue weighted by molar-refractivity contribution is 5.79. The molecule has 1 saturated carbocycles. The van der Waals surface area contributed by atoms with Crippen LogP contribution in [0.1, 0.15) is 32.6 Å². The Morgan fingerprint density at radius 2 is 2.06 bits per heavy atom. The lowest BCUT2D eigenvalue weighted by molar-refractivity contribution is 0.264. The molecular formula is C13H28N4. The summed E-state index contributed by atoms with van der Waals surface area (Å²) < 4.78 is 0. The Balaban J connectivity index is 2.25. The smallest absolute Gasteiger partial charge is 0.191 e. The van der Waals surface area contributed by atoms with Crippen molar-refractivity contribution in [2.75, 3.05) is 34.2 Å². The predicted molar refractivity (Wildman–Crippen MR) is 74.5 cm³/mol. The van der Waals surface area contributed by atoms with Crippen LogP contribution in [0.25, 0.3) is 0 Å². The molecule has 0 heterocycles. The van der Waals surface area contributed by atoms with Gasteiger partial charge in [0.15, 0.2) is 5.96 Å². The van der Waals surface area contributed by atoms with E-state index in [1.807, 2.05) is 7.05 Å². The molecule has 0 aromatic carbocycles. The van der Waals surface area contributed by atoms with Gasteiger partial charge in [-0.05, 0) is 39.3 Å². The van der Waals surface area contributed by atoms with Crippen LogP contribution >= 0.6 is 0 Å². The van der Waals surface area contributed by atoms with E-state index in [0.29, 0.717) is 6.04 Å². The Hall–Kier alpha value is -0.770. The van der Waals surface area contributed by atoms with Gasteiger partial charge >= 0.3 is 0 Å². The Bertz CT molecular complexity index is 232. The molecule has 4 nitrogen and oxygen atoms in total. The molecule has 0 spiro atoms. The van der Waals surface area contributed by atoms with Crippen molar-refractivity contribution in [1.29, 1.82) is 0 Å². The van der Waals surface area contributed by atoms with Gasteiger partial charge in [0, 0.05) is 26.2 Å². The van der Waals surface area contributed by atoms with E-state index in [4.69, 9.17) is 0 Å². The molecule has 1 aliphatic rings. The van der Waals surface area contributed by atoms with Crippen LogP contribution in [0.3, 0.4) is 0 Å². The molecule has 1 fully saturated rings. The van der Waals surface area contributed by atoms with Gasteiger partial charge < -0.3 is 15.5 Å². The maximum absolute atomic E-state index is 4.25. The van der Waals surface area contributed by atoms with Gasteiger partial charge in [-0.3, -0.25) is 4.99 Å². The molecule has 0 aromatic rings. The van der Waals surface area contributed by atoms with Crippen LogP contribution in [-0.2, 0) is 0 Å². The van der Waals surface area contributed by atoms with Crippen molar-refractivity contribution in [3.63, 3.8) is 0 Å². The average molecular weight is 240 g/mol. The zero-order valence-corrected chi connectivity index (χ0v) is 11.8. The zero-order chi connectivity index (χ0) is 12.7. The van der Waals surface area contributed by atoms with Gasteiger partial charge in [0.1, 0.15) is 0 Å². The Kier molecular flexibility index (Phi) is 6.34. The van der Waals surface area contributed by atoms with Crippen LogP contribution in [-0.4, -0.2) is 51.1 Å². The summed E-state index contributed by atoms with van der Waals surface area (Å²) in [5, 5.41) is 6.77. The normalized spacial score (nSPS) is 18.3. The Labute approximate surface area is 106 Å². The van der Waals surface area contributed by atoms with Gasteiger partial charge in [0.2, 0.25) is 0 Å². The molecule has 1 aliphatic carbocycles. The van der Waals surface area contributed by atoms with E-state index in [1.165, 1.54) is 25.7 Å². The molecule has 100 valence electrons. The summed E-state index contributed by atoms with van der Waals surface area (Å²) in [5.41, 5.74) is 0. The van der Waals surface area contributed by atoms with Crippen molar-refractivity contribution >= 4 is 5.96 Å². The van der Waals surface area contributed by atoms with Gasteiger partial charge in [-0.25, -0.2) is 0 Å². The summed E-state index contributed by atoms with van der Waals surface area (Å²) in [4.78, 5) is 6.57. The number of hydrogen-bond acceptors (Lipinski definition) is 2. The van der Waals surface area contributed by atoms with Gasteiger partial charge in [-0.2, -0.15) is 0 Å². The molecule has 0 aliphatic heterocycles. The number of aliphatic imine (C=N–C) groups is 1. The number of likely N-dealkylation sites (N-methyl/N-ethyl adjacent to an activating group) is 1. The van der Waals surface area contributed by atoms with Crippen LogP contribution in [0.5, 0.6) is 0 Å². The number of nitrogens with one attached hydrogen (secondary N) is 2. The summed E-state index contributed by atoms with van der Waals surface area (Å²) in [5.74, 6) is 1.82. The molecule has 1 atom stereocenters. The van der Waals surface area contributed by atoms with Crippen molar-refractivity contribution in [3.05, 3.63) is 0 Å². The standard InChI is InChI=1S/C13H28N4/c1-5-6-9-15-13(14-2)16-10-12(17(3)4)11-7-8-11/h11-12H,5-10H2,1-4H3,(H2,14,15,16). The highest BCUT2D eigenvalue weighted by atomic mass is 15.2. The second-order valence-electron chi connectivity index (χ2n) is 5.10.